The van der Waals surface area contributed by atoms with Gasteiger partial charge in [0.15, 0.2) is 0 Å². The van der Waals surface area contributed by atoms with Crippen molar-refractivity contribution in [3.8, 4) is 0 Å². The summed E-state index contributed by atoms with van der Waals surface area (Å²) >= 11 is 0. The predicted molar refractivity (Wildman–Crippen MR) is 129 cm³/mol. The first kappa shape index (κ1) is 21.7. The standard InChI is InChI=1S/C27H31N5O/c1-20-24-10-11-25(33)32(18-12-21-7-3-2-4-8-21)27(24)30-26(29-20)22-13-16-31(17-14-22)19-23-9-5-6-15-28-23/h2-9,15,22H,10-14,16-19H2,1H3. The van der Waals surface area contributed by atoms with Gasteiger partial charge >= 0.3 is 0 Å². The Morgan fingerprint density at radius 3 is 2.52 bits per heavy atom. The van der Waals surface area contributed by atoms with Crippen molar-refractivity contribution in [1.82, 2.24) is 19.9 Å². The van der Waals surface area contributed by atoms with Crippen LogP contribution in [-0.2, 0) is 24.2 Å². The molecule has 0 spiro atoms. The molecule has 4 heterocycles. The summed E-state index contributed by atoms with van der Waals surface area (Å²) in [6, 6.07) is 16.4. The van der Waals surface area contributed by atoms with Crippen LogP contribution in [0.1, 0.15) is 53.5 Å². The average molecular weight is 442 g/mol. The smallest absolute Gasteiger partial charge is 0.228 e. The van der Waals surface area contributed by atoms with E-state index in [1.807, 2.05) is 41.4 Å². The SMILES string of the molecule is Cc1nc(C2CCN(Cc3ccccn3)CC2)nc2c1CCC(=O)N2CCc1ccccc1. The third-order valence-electron chi connectivity index (χ3n) is 6.89. The van der Waals surface area contributed by atoms with Gasteiger partial charge in [-0.1, -0.05) is 36.4 Å². The number of anilines is 1. The molecule has 0 bridgehead atoms. The number of nitrogens with zero attached hydrogens (tertiary/aromatic N) is 5. The number of rotatable bonds is 6. The Bertz CT molecular complexity index is 1090. The Kier molecular flexibility index (Phi) is 6.44. The lowest BCUT2D eigenvalue weighted by Gasteiger charge is -2.33. The topological polar surface area (TPSA) is 62.2 Å². The molecular formula is C27H31N5O. The van der Waals surface area contributed by atoms with E-state index in [1.165, 1.54) is 5.56 Å². The Balaban J connectivity index is 1.30. The van der Waals surface area contributed by atoms with E-state index in [-0.39, 0.29) is 5.91 Å². The molecule has 2 aliphatic heterocycles. The van der Waals surface area contributed by atoms with Gasteiger partial charge in [0, 0.05) is 42.9 Å². The van der Waals surface area contributed by atoms with E-state index in [9.17, 15) is 4.79 Å². The summed E-state index contributed by atoms with van der Waals surface area (Å²) in [4.78, 5) is 31.6. The molecule has 170 valence electrons. The van der Waals surface area contributed by atoms with Gasteiger partial charge in [-0.25, -0.2) is 9.97 Å². The Labute approximate surface area is 195 Å². The van der Waals surface area contributed by atoms with Gasteiger partial charge in [-0.05, 0) is 63.4 Å². The largest absolute Gasteiger partial charge is 0.297 e. The molecule has 1 aromatic carbocycles. The fourth-order valence-electron chi connectivity index (χ4n) is 4.97. The summed E-state index contributed by atoms with van der Waals surface area (Å²) in [5.41, 5.74) is 4.52. The van der Waals surface area contributed by atoms with E-state index in [2.05, 4.69) is 35.0 Å². The van der Waals surface area contributed by atoms with Crippen LogP contribution in [0.4, 0.5) is 5.82 Å². The van der Waals surface area contributed by atoms with Gasteiger partial charge in [0.05, 0.1) is 5.69 Å². The number of hydrogen-bond acceptors (Lipinski definition) is 5. The minimum absolute atomic E-state index is 0.174. The highest BCUT2D eigenvalue weighted by Gasteiger charge is 2.30. The van der Waals surface area contributed by atoms with Crippen molar-refractivity contribution in [3.63, 3.8) is 0 Å². The van der Waals surface area contributed by atoms with Crippen LogP contribution in [0.25, 0.3) is 0 Å². The van der Waals surface area contributed by atoms with Crippen LogP contribution in [0.15, 0.2) is 54.7 Å². The first-order valence-electron chi connectivity index (χ1n) is 12.0. The third kappa shape index (κ3) is 4.96. The molecular weight excluding hydrogens is 410 g/mol. The number of aromatic nitrogens is 3. The first-order valence-corrected chi connectivity index (χ1v) is 12.0. The van der Waals surface area contributed by atoms with Gasteiger partial charge in [-0.15, -0.1) is 0 Å². The van der Waals surface area contributed by atoms with Crippen LogP contribution in [0.2, 0.25) is 0 Å². The zero-order valence-electron chi connectivity index (χ0n) is 19.3. The highest BCUT2D eigenvalue weighted by Crippen LogP contribution is 2.33. The van der Waals surface area contributed by atoms with Gasteiger partial charge < -0.3 is 0 Å². The van der Waals surface area contributed by atoms with Crippen LogP contribution >= 0.6 is 0 Å². The maximum atomic E-state index is 12.8. The number of benzene rings is 1. The van der Waals surface area contributed by atoms with Crippen LogP contribution in [-0.4, -0.2) is 45.4 Å². The molecule has 2 aliphatic rings. The van der Waals surface area contributed by atoms with Crippen molar-refractivity contribution in [2.24, 2.45) is 0 Å². The van der Waals surface area contributed by atoms with Crippen LogP contribution in [0.3, 0.4) is 0 Å². The summed E-state index contributed by atoms with van der Waals surface area (Å²) < 4.78 is 0. The molecule has 33 heavy (non-hydrogen) atoms. The molecule has 0 N–H and O–H groups in total. The minimum atomic E-state index is 0.174. The van der Waals surface area contributed by atoms with Gasteiger partial charge in [0.2, 0.25) is 5.91 Å². The van der Waals surface area contributed by atoms with E-state index in [4.69, 9.17) is 9.97 Å². The maximum Gasteiger partial charge on any atom is 0.228 e. The van der Waals surface area contributed by atoms with E-state index < -0.39 is 0 Å². The normalized spacial score (nSPS) is 17.2. The summed E-state index contributed by atoms with van der Waals surface area (Å²) in [7, 11) is 0. The molecule has 1 saturated heterocycles. The fraction of sp³-hybridized carbons (Fsp3) is 0.407. The Morgan fingerprint density at radius 2 is 1.76 bits per heavy atom. The van der Waals surface area contributed by atoms with Crippen molar-refractivity contribution in [1.29, 1.82) is 0 Å². The number of fused-ring (bicyclic) bond motifs is 1. The van der Waals surface area contributed by atoms with Crippen LogP contribution in [0.5, 0.6) is 0 Å². The monoisotopic (exact) mass is 441 g/mol. The van der Waals surface area contributed by atoms with Crippen molar-refractivity contribution in [2.45, 2.75) is 51.5 Å². The van der Waals surface area contributed by atoms with Crippen molar-refractivity contribution in [3.05, 3.63) is 83.1 Å². The number of hydrogen-bond donors (Lipinski definition) is 0. The number of amides is 1. The Hall–Kier alpha value is -3.12. The molecule has 5 rings (SSSR count). The molecule has 6 nitrogen and oxygen atoms in total. The highest BCUT2D eigenvalue weighted by molar-refractivity contribution is 5.95. The summed E-state index contributed by atoms with van der Waals surface area (Å²) in [5, 5.41) is 0. The van der Waals surface area contributed by atoms with Crippen molar-refractivity contribution >= 4 is 11.7 Å². The van der Waals surface area contributed by atoms with Crippen LogP contribution < -0.4 is 4.90 Å². The number of piperidine rings is 1. The molecule has 1 fully saturated rings. The summed E-state index contributed by atoms with van der Waals surface area (Å²) in [6.45, 7) is 5.65. The second-order valence-corrected chi connectivity index (χ2v) is 9.12. The first-order chi connectivity index (χ1) is 16.2. The zero-order valence-corrected chi connectivity index (χ0v) is 19.3. The average Bonchev–Trinajstić information content (AvgIpc) is 2.85. The highest BCUT2D eigenvalue weighted by atomic mass is 16.2. The molecule has 0 radical (unpaired) electrons. The van der Waals surface area contributed by atoms with Crippen molar-refractivity contribution in [2.75, 3.05) is 24.5 Å². The van der Waals surface area contributed by atoms with Gasteiger partial charge in [-0.2, -0.15) is 0 Å². The number of aryl methyl sites for hydroxylation is 1. The Morgan fingerprint density at radius 1 is 0.970 bits per heavy atom. The van der Waals surface area contributed by atoms with Crippen LogP contribution in [0, 0.1) is 6.92 Å². The molecule has 0 unspecified atom stereocenters. The zero-order chi connectivity index (χ0) is 22.6. The number of likely N-dealkylation sites (tertiary alicyclic amines) is 1. The molecule has 1 amide bonds. The fourth-order valence-corrected chi connectivity index (χ4v) is 4.97. The molecule has 2 aromatic heterocycles. The third-order valence-corrected chi connectivity index (χ3v) is 6.89. The van der Waals surface area contributed by atoms with Gasteiger partial charge in [-0.3, -0.25) is 19.6 Å². The molecule has 0 atom stereocenters. The number of pyridine rings is 1. The van der Waals surface area contributed by atoms with E-state index in [0.717, 1.165) is 73.9 Å². The van der Waals surface area contributed by atoms with E-state index in [1.54, 1.807) is 0 Å². The lowest BCUT2D eigenvalue weighted by Crippen LogP contribution is -2.39. The molecule has 6 heteroatoms. The molecule has 0 aliphatic carbocycles. The minimum Gasteiger partial charge on any atom is -0.297 e. The van der Waals surface area contributed by atoms with Crippen molar-refractivity contribution < 1.29 is 4.79 Å². The summed E-state index contributed by atoms with van der Waals surface area (Å²) in [6.07, 6.45) is 6.03. The lowest BCUT2D eigenvalue weighted by molar-refractivity contribution is -0.118. The number of carbonyl (C=O) groups is 1. The molecule has 3 aromatic rings. The second kappa shape index (κ2) is 9.79. The second-order valence-electron chi connectivity index (χ2n) is 9.12. The predicted octanol–water partition coefficient (Wildman–Crippen LogP) is 4.08. The number of carbonyl (C=O) groups excluding carboxylic acids is 1. The van der Waals surface area contributed by atoms with E-state index >= 15 is 0 Å². The van der Waals surface area contributed by atoms with E-state index in [0.29, 0.717) is 18.9 Å². The maximum absolute atomic E-state index is 12.8. The van der Waals surface area contributed by atoms with Gasteiger partial charge in [0.25, 0.3) is 0 Å². The van der Waals surface area contributed by atoms with Gasteiger partial charge in [0.1, 0.15) is 11.6 Å². The summed E-state index contributed by atoms with van der Waals surface area (Å²) in [5.74, 6) is 2.26. The quantitative estimate of drug-likeness (QED) is 0.577. The molecule has 0 saturated carbocycles. The lowest BCUT2D eigenvalue weighted by atomic mass is 9.94.